The SMILES string of the molecule is NC(N)=NCCCC(NC(=O)C1CCN(C(=O)C2CCCN2)CC1)C(=O)O. The molecular formula is C17H30N6O4. The second-order valence-electron chi connectivity index (χ2n) is 7.10. The molecule has 2 amide bonds. The van der Waals surface area contributed by atoms with Gasteiger partial charge < -0.3 is 32.1 Å². The van der Waals surface area contributed by atoms with Gasteiger partial charge in [0.25, 0.3) is 0 Å². The predicted octanol–water partition coefficient (Wildman–Crippen LogP) is -1.40. The lowest BCUT2D eigenvalue weighted by Crippen LogP contribution is -2.50. The molecule has 0 aromatic carbocycles. The minimum absolute atomic E-state index is 0.0416. The van der Waals surface area contributed by atoms with Crippen LogP contribution in [0.25, 0.3) is 0 Å². The molecule has 0 bridgehead atoms. The summed E-state index contributed by atoms with van der Waals surface area (Å²) >= 11 is 0. The van der Waals surface area contributed by atoms with Gasteiger partial charge in [0.05, 0.1) is 6.04 Å². The maximum Gasteiger partial charge on any atom is 0.326 e. The molecule has 2 atom stereocenters. The van der Waals surface area contributed by atoms with Crippen LogP contribution in [-0.2, 0) is 14.4 Å². The number of hydrogen-bond donors (Lipinski definition) is 5. The number of carbonyl (C=O) groups excluding carboxylic acids is 2. The first kappa shape index (κ1) is 20.9. The number of guanidine groups is 1. The number of nitrogens with zero attached hydrogens (tertiary/aromatic N) is 2. The third-order valence-corrected chi connectivity index (χ3v) is 5.10. The van der Waals surface area contributed by atoms with Crippen LogP contribution < -0.4 is 22.1 Å². The number of hydrogen-bond acceptors (Lipinski definition) is 5. The minimum Gasteiger partial charge on any atom is -0.480 e. The zero-order chi connectivity index (χ0) is 19.8. The summed E-state index contributed by atoms with van der Waals surface area (Å²) < 4.78 is 0. The van der Waals surface area contributed by atoms with Gasteiger partial charge in [0.1, 0.15) is 6.04 Å². The number of piperidine rings is 1. The Morgan fingerprint density at radius 2 is 1.93 bits per heavy atom. The summed E-state index contributed by atoms with van der Waals surface area (Å²) in [5, 5.41) is 15.1. The number of carboxylic acids is 1. The summed E-state index contributed by atoms with van der Waals surface area (Å²) in [4.78, 5) is 41.8. The van der Waals surface area contributed by atoms with Crippen LogP contribution in [0.4, 0.5) is 0 Å². The molecule has 2 aliphatic rings. The zero-order valence-electron chi connectivity index (χ0n) is 15.5. The van der Waals surface area contributed by atoms with Crippen molar-refractivity contribution in [1.82, 2.24) is 15.5 Å². The van der Waals surface area contributed by atoms with Gasteiger partial charge in [-0.2, -0.15) is 0 Å². The van der Waals surface area contributed by atoms with Gasteiger partial charge in [-0.3, -0.25) is 14.6 Å². The Labute approximate surface area is 158 Å². The normalized spacial score (nSPS) is 21.5. The van der Waals surface area contributed by atoms with Crippen molar-refractivity contribution >= 4 is 23.7 Å². The van der Waals surface area contributed by atoms with Crippen molar-refractivity contribution in [2.75, 3.05) is 26.2 Å². The summed E-state index contributed by atoms with van der Waals surface area (Å²) in [5.41, 5.74) is 10.5. The minimum atomic E-state index is -1.08. The van der Waals surface area contributed by atoms with Crippen LogP contribution >= 0.6 is 0 Å². The van der Waals surface area contributed by atoms with E-state index in [2.05, 4.69) is 15.6 Å². The lowest BCUT2D eigenvalue weighted by Gasteiger charge is -2.33. The highest BCUT2D eigenvalue weighted by atomic mass is 16.4. The first-order valence-corrected chi connectivity index (χ1v) is 9.49. The number of amides is 2. The maximum atomic E-state index is 12.4. The monoisotopic (exact) mass is 382 g/mol. The van der Waals surface area contributed by atoms with Crippen LogP contribution in [0.2, 0.25) is 0 Å². The number of aliphatic carboxylic acids is 1. The molecule has 0 radical (unpaired) electrons. The summed E-state index contributed by atoms with van der Waals surface area (Å²) in [7, 11) is 0. The van der Waals surface area contributed by atoms with Crippen LogP contribution in [0.1, 0.15) is 38.5 Å². The summed E-state index contributed by atoms with van der Waals surface area (Å²) in [5.74, 6) is -1.55. The van der Waals surface area contributed by atoms with E-state index in [1.807, 2.05) is 0 Å². The highest BCUT2D eigenvalue weighted by Gasteiger charge is 2.33. The summed E-state index contributed by atoms with van der Waals surface area (Å²) in [6.07, 6.45) is 3.67. The van der Waals surface area contributed by atoms with Gasteiger partial charge in [0, 0.05) is 25.6 Å². The molecule has 2 fully saturated rings. The Hall–Kier alpha value is -2.36. The lowest BCUT2D eigenvalue weighted by atomic mass is 9.94. The van der Waals surface area contributed by atoms with E-state index in [1.165, 1.54) is 0 Å². The number of carboxylic acid groups (broad SMARTS) is 1. The fourth-order valence-electron chi connectivity index (χ4n) is 3.53. The molecule has 0 aromatic heterocycles. The van der Waals surface area contributed by atoms with Crippen molar-refractivity contribution in [3.8, 4) is 0 Å². The number of nitrogens with two attached hydrogens (primary N) is 2. The molecule has 2 aliphatic heterocycles. The van der Waals surface area contributed by atoms with Gasteiger partial charge in [-0.05, 0) is 45.1 Å². The first-order valence-electron chi connectivity index (χ1n) is 9.49. The van der Waals surface area contributed by atoms with Crippen molar-refractivity contribution in [1.29, 1.82) is 0 Å². The van der Waals surface area contributed by atoms with Gasteiger partial charge in [0.15, 0.2) is 5.96 Å². The molecule has 0 aromatic rings. The zero-order valence-corrected chi connectivity index (χ0v) is 15.5. The predicted molar refractivity (Wildman–Crippen MR) is 99.8 cm³/mol. The molecule has 152 valence electrons. The van der Waals surface area contributed by atoms with E-state index in [-0.39, 0.29) is 36.2 Å². The van der Waals surface area contributed by atoms with Crippen molar-refractivity contribution < 1.29 is 19.5 Å². The van der Waals surface area contributed by atoms with Gasteiger partial charge in [0.2, 0.25) is 11.8 Å². The van der Waals surface area contributed by atoms with E-state index in [0.717, 1.165) is 19.4 Å². The molecule has 7 N–H and O–H groups in total. The standard InChI is InChI=1S/C17H30N6O4/c18-17(19)21-8-2-4-13(16(26)27)22-14(24)11-5-9-23(10-6-11)15(25)12-3-1-7-20-12/h11-13,20H,1-10H2,(H,22,24)(H,26,27)(H4,18,19,21). The van der Waals surface area contributed by atoms with Crippen LogP contribution in [-0.4, -0.2) is 72.0 Å². The van der Waals surface area contributed by atoms with Gasteiger partial charge >= 0.3 is 5.97 Å². The van der Waals surface area contributed by atoms with E-state index < -0.39 is 12.0 Å². The van der Waals surface area contributed by atoms with Gasteiger partial charge in [-0.15, -0.1) is 0 Å². The van der Waals surface area contributed by atoms with E-state index in [9.17, 15) is 19.5 Å². The van der Waals surface area contributed by atoms with Crippen molar-refractivity contribution in [3.63, 3.8) is 0 Å². The molecule has 2 heterocycles. The average molecular weight is 382 g/mol. The van der Waals surface area contributed by atoms with Gasteiger partial charge in [-0.1, -0.05) is 0 Å². The number of aliphatic imine (C=N–C) groups is 1. The van der Waals surface area contributed by atoms with E-state index in [0.29, 0.717) is 38.9 Å². The summed E-state index contributed by atoms with van der Waals surface area (Å²) in [6.45, 7) is 2.24. The Kier molecular flexibility index (Phi) is 7.83. The Bertz CT molecular complexity index is 564. The van der Waals surface area contributed by atoms with Crippen molar-refractivity contribution in [2.45, 2.75) is 50.6 Å². The highest BCUT2D eigenvalue weighted by Crippen LogP contribution is 2.20. The quantitative estimate of drug-likeness (QED) is 0.196. The second kappa shape index (κ2) is 10.1. The topological polar surface area (TPSA) is 163 Å². The third kappa shape index (κ3) is 6.38. The smallest absolute Gasteiger partial charge is 0.326 e. The van der Waals surface area contributed by atoms with E-state index >= 15 is 0 Å². The van der Waals surface area contributed by atoms with E-state index in [1.54, 1.807) is 4.90 Å². The molecule has 0 aliphatic carbocycles. The fraction of sp³-hybridized carbons (Fsp3) is 0.765. The van der Waals surface area contributed by atoms with Crippen LogP contribution in [0.3, 0.4) is 0 Å². The molecule has 2 unspecified atom stereocenters. The number of nitrogens with one attached hydrogen (secondary N) is 2. The average Bonchev–Trinajstić information content (AvgIpc) is 3.18. The molecule has 10 nitrogen and oxygen atoms in total. The second-order valence-corrected chi connectivity index (χ2v) is 7.10. The Morgan fingerprint density at radius 1 is 1.22 bits per heavy atom. The third-order valence-electron chi connectivity index (χ3n) is 5.10. The Morgan fingerprint density at radius 3 is 2.48 bits per heavy atom. The van der Waals surface area contributed by atoms with Crippen LogP contribution in [0.5, 0.6) is 0 Å². The van der Waals surface area contributed by atoms with E-state index in [4.69, 9.17) is 11.5 Å². The molecule has 2 rings (SSSR count). The number of rotatable bonds is 8. The molecule has 0 spiro atoms. The lowest BCUT2D eigenvalue weighted by molar-refractivity contribution is -0.143. The highest BCUT2D eigenvalue weighted by molar-refractivity contribution is 5.86. The van der Waals surface area contributed by atoms with Crippen LogP contribution in [0, 0.1) is 5.92 Å². The number of carbonyl (C=O) groups is 3. The summed E-state index contributed by atoms with van der Waals surface area (Å²) in [6, 6.07) is -1.06. The molecule has 27 heavy (non-hydrogen) atoms. The molecule has 2 saturated heterocycles. The first-order chi connectivity index (χ1) is 12.9. The Balaban J connectivity index is 1.76. The van der Waals surface area contributed by atoms with Crippen molar-refractivity contribution in [2.24, 2.45) is 22.4 Å². The molecular weight excluding hydrogens is 352 g/mol. The van der Waals surface area contributed by atoms with Crippen molar-refractivity contribution in [3.05, 3.63) is 0 Å². The fourth-order valence-corrected chi connectivity index (χ4v) is 3.53. The molecule has 0 saturated carbocycles. The van der Waals surface area contributed by atoms with Gasteiger partial charge in [-0.25, -0.2) is 4.79 Å². The number of likely N-dealkylation sites (tertiary alicyclic amines) is 1. The van der Waals surface area contributed by atoms with Crippen LogP contribution in [0.15, 0.2) is 4.99 Å². The maximum absolute atomic E-state index is 12.4. The molecule has 10 heteroatoms. The largest absolute Gasteiger partial charge is 0.480 e.